The van der Waals surface area contributed by atoms with E-state index in [-0.39, 0.29) is 28.5 Å². The van der Waals surface area contributed by atoms with Gasteiger partial charge in [-0.05, 0) is 31.4 Å². The van der Waals surface area contributed by atoms with Gasteiger partial charge in [0, 0.05) is 17.2 Å². The Morgan fingerprint density at radius 1 is 1.12 bits per heavy atom. The lowest BCUT2D eigenvalue weighted by molar-refractivity contribution is 0.114. The number of hydrogen-bond donors (Lipinski definition) is 1. The molecule has 2 atom stereocenters. The summed E-state index contributed by atoms with van der Waals surface area (Å²) in [5, 5.41) is 0. The SMILES string of the molecule is Cc1cc(-c2cc(C(F)F)c(OC(N)C(C)CC(C)C)cn2)c(F)cn1. The highest BCUT2D eigenvalue weighted by molar-refractivity contribution is 5.62. The molecule has 0 spiro atoms. The minimum atomic E-state index is -2.80. The maximum Gasteiger partial charge on any atom is 0.267 e. The molecule has 26 heavy (non-hydrogen) atoms. The second-order valence-electron chi connectivity index (χ2n) is 6.90. The van der Waals surface area contributed by atoms with Crippen LogP contribution in [0.2, 0.25) is 0 Å². The van der Waals surface area contributed by atoms with Gasteiger partial charge < -0.3 is 4.74 Å². The number of halogens is 3. The van der Waals surface area contributed by atoms with E-state index >= 15 is 0 Å². The minimum Gasteiger partial charge on any atom is -0.473 e. The molecule has 0 aliphatic rings. The standard InChI is InChI=1S/C19H24F3N3O/c1-10(2)5-11(3)19(23)26-17-9-25-16(7-14(17)18(21)22)13-6-12(4)24-8-15(13)20/h6-11,18-19H,5,23H2,1-4H3. The molecule has 0 amide bonds. The number of nitrogens with two attached hydrogens (primary N) is 1. The topological polar surface area (TPSA) is 61.0 Å². The Morgan fingerprint density at radius 3 is 2.42 bits per heavy atom. The van der Waals surface area contributed by atoms with E-state index in [1.165, 1.54) is 12.3 Å². The number of rotatable bonds is 7. The molecule has 0 aromatic carbocycles. The highest BCUT2D eigenvalue weighted by atomic mass is 19.3. The molecule has 2 heterocycles. The summed E-state index contributed by atoms with van der Waals surface area (Å²) < 4.78 is 46.5. The summed E-state index contributed by atoms with van der Waals surface area (Å²) in [6, 6.07) is 2.60. The molecule has 0 radical (unpaired) electrons. The molecule has 2 aromatic rings. The van der Waals surface area contributed by atoms with Crippen molar-refractivity contribution in [2.45, 2.75) is 46.8 Å². The molecule has 2 unspecified atom stereocenters. The third-order valence-corrected chi connectivity index (χ3v) is 4.07. The van der Waals surface area contributed by atoms with Crippen LogP contribution in [0.15, 0.2) is 24.5 Å². The van der Waals surface area contributed by atoms with E-state index in [0.717, 1.165) is 18.7 Å². The maximum atomic E-state index is 14.0. The van der Waals surface area contributed by atoms with E-state index in [4.69, 9.17) is 10.5 Å². The van der Waals surface area contributed by atoms with Gasteiger partial charge in [-0.25, -0.2) is 13.2 Å². The van der Waals surface area contributed by atoms with Gasteiger partial charge in [0.25, 0.3) is 6.43 Å². The molecule has 0 saturated carbocycles. The highest BCUT2D eigenvalue weighted by Crippen LogP contribution is 2.33. The van der Waals surface area contributed by atoms with Gasteiger partial charge in [0.15, 0.2) is 5.82 Å². The fourth-order valence-corrected chi connectivity index (χ4v) is 2.75. The largest absolute Gasteiger partial charge is 0.473 e. The minimum absolute atomic E-state index is 0.0134. The van der Waals surface area contributed by atoms with Crippen molar-refractivity contribution in [3.8, 4) is 17.0 Å². The number of pyridine rings is 2. The van der Waals surface area contributed by atoms with Crippen LogP contribution in [-0.2, 0) is 0 Å². The smallest absolute Gasteiger partial charge is 0.267 e. The van der Waals surface area contributed by atoms with Crippen molar-refractivity contribution in [3.63, 3.8) is 0 Å². The van der Waals surface area contributed by atoms with Gasteiger partial charge in [0.1, 0.15) is 12.0 Å². The van der Waals surface area contributed by atoms with Gasteiger partial charge in [-0.3, -0.25) is 15.7 Å². The molecule has 7 heteroatoms. The number of ether oxygens (including phenoxy) is 1. The zero-order valence-corrected chi connectivity index (χ0v) is 15.3. The molecule has 2 aromatic heterocycles. The lowest BCUT2D eigenvalue weighted by atomic mass is 9.97. The summed E-state index contributed by atoms with van der Waals surface area (Å²) in [5.74, 6) is -0.314. The summed E-state index contributed by atoms with van der Waals surface area (Å²) in [5.41, 5.74) is 6.40. The Balaban J connectivity index is 2.33. The van der Waals surface area contributed by atoms with Gasteiger partial charge in [-0.1, -0.05) is 20.8 Å². The number of aromatic nitrogens is 2. The lowest BCUT2D eigenvalue weighted by Gasteiger charge is -2.24. The van der Waals surface area contributed by atoms with E-state index in [0.29, 0.717) is 11.6 Å². The van der Waals surface area contributed by atoms with Gasteiger partial charge in [-0.15, -0.1) is 0 Å². The molecule has 0 aliphatic heterocycles. The molecule has 142 valence electrons. The van der Waals surface area contributed by atoms with Crippen LogP contribution >= 0.6 is 0 Å². The zero-order chi connectivity index (χ0) is 19.4. The van der Waals surface area contributed by atoms with Crippen LogP contribution in [-0.4, -0.2) is 16.2 Å². The first kappa shape index (κ1) is 20.2. The summed E-state index contributed by atoms with van der Waals surface area (Å²) >= 11 is 0. The number of nitrogens with zero attached hydrogens (tertiary/aromatic N) is 2. The van der Waals surface area contributed by atoms with E-state index in [1.807, 2.05) is 6.92 Å². The van der Waals surface area contributed by atoms with Gasteiger partial charge >= 0.3 is 0 Å². The number of aryl methyl sites for hydroxylation is 1. The molecule has 0 saturated heterocycles. The molecular weight excluding hydrogens is 343 g/mol. The average molecular weight is 367 g/mol. The van der Waals surface area contributed by atoms with Crippen molar-refractivity contribution in [3.05, 3.63) is 41.6 Å². The van der Waals surface area contributed by atoms with Crippen molar-refractivity contribution in [2.75, 3.05) is 0 Å². The third kappa shape index (κ3) is 4.94. The van der Waals surface area contributed by atoms with Gasteiger partial charge in [0.05, 0.1) is 23.7 Å². The molecule has 0 aliphatic carbocycles. The van der Waals surface area contributed by atoms with Crippen molar-refractivity contribution >= 4 is 0 Å². The summed E-state index contributed by atoms with van der Waals surface area (Å²) in [7, 11) is 0. The van der Waals surface area contributed by atoms with E-state index in [9.17, 15) is 13.2 Å². The molecule has 0 fully saturated rings. The maximum absolute atomic E-state index is 14.0. The Morgan fingerprint density at radius 2 is 1.81 bits per heavy atom. The summed E-state index contributed by atoms with van der Waals surface area (Å²) in [6.45, 7) is 7.69. The average Bonchev–Trinajstić information content (AvgIpc) is 2.56. The van der Waals surface area contributed by atoms with Crippen LogP contribution < -0.4 is 10.5 Å². The van der Waals surface area contributed by atoms with E-state index < -0.39 is 18.5 Å². The fraction of sp³-hybridized carbons (Fsp3) is 0.474. The van der Waals surface area contributed by atoms with Crippen molar-refractivity contribution < 1.29 is 17.9 Å². The summed E-state index contributed by atoms with van der Waals surface area (Å²) in [4.78, 5) is 7.92. The molecule has 2 rings (SSSR count). The number of hydrogen-bond acceptors (Lipinski definition) is 4. The van der Waals surface area contributed by atoms with Gasteiger partial charge in [-0.2, -0.15) is 0 Å². The predicted molar refractivity (Wildman–Crippen MR) is 94.3 cm³/mol. The molecular formula is C19H24F3N3O. The Labute approximate surface area is 151 Å². The first-order valence-electron chi connectivity index (χ1n) is 8.51. The van der Waals surface area contributed by atoms with Crippen molar-refractivity contribution in [2.24, 2.45) is 17.6 Å². The van der Waals surface area contributed by atoms with Crippen LogP contribution in [0.25, 0.3) is 11.3 Å². The third-order valence-electron chi connectivity index (χ3n) is 4.07. The predicted octanol–water partition coefficient (Wildman–Crippen LogP) is 4.87. The van der Waals surface area contributed by atoms with Crippen molar-refractivity contribution in [1.82, 2.24) is 9.97 Å². The second kappa shape index (κ2) is 8.49. The van der Waals surface area contributed by atoms with Gasteiger partial charge in [0.2, 0.25) is 0 Å². The Bertz CT molecular complexity index is 753. The molecule has 0 bridgehead atoms. The van der Waals surface area contributed by atoms with Crippen LogP contribution in [0.3, 0.4) is 0 Å². The first-order valence-corrected chi connectivity index (χ1v) is 8.51. The number of alkyl halides is 2. The quantitative estimate of drug-likeness (QED) is 0.709. The lowest BCUT2D eigenvalue weighted by Crippen LogP contribution is -2.35. The Kier molecular flexibility index (Phi) is 6.58. The Hall–Kier alpha value is -2.15. The first-order chi connectivity index (χ1) is 12.2. The van der Waals surface area contributed by atoms with E-state index in [1.54, 1.807) is 6.92 Å². The molecule has 4 nitrogen and oxygen atoms in total. The second-order valence-corrected chi connectivity index (χ2v) is 6.90. The highest BCUT2D eigenvalue weighted by Gasteiger charge is 2.22. The van der Waals surface area contributed by atoms with E-state index in [2.05, 4.69) is 23.8 Å². The normalized spacial score (nSPS) is 13.9. The summed E-state index contributed by atoms with van der Waals surface area (Å²) in [6.07, 6.45) is -0.512. The molecule has 2 N–H and O–H groups in total. The fourth-order valence-electron chi connectivity index (χ4n) is 2.75. The van der Waals surface area contributed by atoms with Crippen LogP contribution in [0.1, 0.15) is 44.9 Å². The monoisotopic (exact) mass is 367 g/mol. The van der Waals surface area contributed by atoms with Crippen molar-refractivity contribution in [1.29, 1.82) is 0 Å². The zero-order valence-electron chi connectivity index (χ0n) is 15.3. The van der Waals surface area contributed by atoms with Crippen LogP contribution in [0.4, 0.5) is 13.2 Å². The van der Waals surface area contributed by atoms with Crippen LogP contribution in [0, 0.1) is 24.6 Å². The van der Waals surface area contributed by atoms with Crippen LogP contribution in [0.5, 0.6) is 5.75 Å².